The molecule has 3 heteroatoms. The number of aliphatic hydroxyl groups excluding tert-OH is 2. The van der Waals surface area contributed by atoms with Crippen molar-refractivity contribution in [3.63, 3.8) is 0 Å². The Hall–Kier alpha value is -0.120. The van der Waals surface area contributed by atoms with Gasteiger partial charge in [-0.25, -0.2) is 0 Å². The second-order valence-corrected chi connectivity index (χ2v) is 18.3. The summed E-state index contributed by atoms with van der Waals surface area (Å²) >= 11 is 0. The van der Waals surface area contributed by atoms with Crippen molar-refractivity contribution in [2.75, 3.05) is 13.2 Å². The second-order valence-electron chi connectivity index (χ2n) is 18.3. The van der Waals surface area contributed by atoms with Crippen LogP contribution in [0.2, 0.25) is 0 Å². The number of hydrogen-bond acceptors (Lipinski definition) is 3. The molecule has 0 aliphatic heterocycles. The fourth-order valence-electron chi connectivity index (χ4n) is 11.9. The Labute approximate surface area is 267 Å². The zero-order chi connectivity index (χ0) is 30.8. The van der Waals surface area contributed by atoms with E-state index in [-0.39, 0.29) is 0 Å². The lowest BCUT2D eigenvalue weighted by molar-refractivity contribution is -0.0386. The van der Waals surface area contributed by atoms with Crippen molar-refractivity contribution in [2.24, 2.45) is 58.2 Å². The first-order valence-corrected chi connectivity index (χ1v) is 19.5. The summed E-state index contributed by atoms with van der Waals surface area (Å²) in [7, 11) is 0. The SMILES string of the molecule is CC1CCC(N(C2CCC(C(C)(C)C3CCCC(CO)C3)CC2)C2CCC(C(C)(C)C3CCCC(CO)C3)CC2)CC1C. The van der Waals surface area contributed by atoms with E-state index >= 15 is 0 Å². The Balaban J connectivity index is 1.23. The van der Waals surface area contributed by atoms with Crippen LogP contribution in [0.4, 0.5) is 0 Å². The van der Waals surface area contributed by atoms with Crippen LogP contribution < -0.4 is 0 Å². The minimum absolute atomic E-state index is 0.399. The monoisotopic (exact) mass is 600 g/mol. The van der Waals surface area contributed by atoms with Crippen molar-refractivity contribution in [3.05, 3.63) is 0 Å². The minimum Gasteiger partial charge on any atom is -0.396 e. The Kier molecular flexibility index (Phi) is 11.7. The molecule has 3 nitrogen and oxygen atoms in total. The maximum atomic E-state index is 9.90. The molecule has 5 aliphatic rings. The van der Waals surface area contributed by atoms with Crippen LogP contribution in [0.3, 0.4) is 0 Å². The molecule has 2 N–H and O–H groups in total. The van der Waals surface area contributed by atoms with Crippen molar-refractivity contribution in [2.45, 2.75) is 182 Å². The normalized spacial score (nSPS) is 42.2. The molecule has 5 aliphatic carbocycles. The average Bonchev–Trinajstić information content (AvgIpc) is 3.03. The molecule has 5 fully saturated rings. The molecule has 7 atom stereocenters. The molecule has 43 heavy (non-hydrogen) atoms. The van der Waals surface area contributed by atoms with E-state index in [0.717, 1.165) is 53.6 Å². The number of hydrogen-bond donors (Lipinski definition) is 2. The van der Waals surface area contributed by atoms with Crippen LogP contribution in [0, 0.1) is 58.2 Å². The van der Waals surface area contributed by atoms with E-state index in [1.807, 2.05) is 0 Å². The molecular formula is C40H73NO2. The largest absolute Gasteiger partial charge is 0.396 e. The minimum atomic E-state index is 0.399. The Morgan fingerprint density at radius 3 is 1.28 bits per heavy atom. The third kappa shape index (κ3) is 7.72. The van der Waals surface area contributed by atoms with Gasteiger partial charge in [-0.15, -0.1) is 0 Å². The van der Waals surface area contributed by atoms with Gasteiger partial charge in [0.05, 0.1) is 0 Å². The lowest BCUT2D eigenvalue weighted by atomic mass is 9.58. The molecule has 0 aromatic heterocycles. The topological polar surface area (TPSA) is 43.7 Å². The molecular weight excluding hydrogens is 526 g/mol. The van der Waals surface area contributed by atoms with Gasteiger partial charge in [0, 0.05) is 31.3 Å². The molecule has 0 aromatic carbocycles. The van der Waals surface area contributed by atoms with E-state index in [1.54, 1.807) is 0 Å². The maximum absolute atomic E-state index is 9.90. The summed E-state index contributed by atoms with van der Waals surface area (Å²) < 4.78 is 0. The maximum Gasteiger partial charge on any atom is 0.0459 e. The van der Waals surface area contributed by atoms with Gasteiger partial charge in [0.15, 0.2) is 0 Å². The van der Waals surface area contributed by atoms with E-state index in [4.69, 9.17) is 0 Å². The van der Waals surface area contributed by atoms with Crippen molar-refractivity contribution in [1.29, 1.82) is 0 Å². The molecule has 250 valence electrons. The molecule has 7 unspecified atom stereocenters. The Morgan fingerprint density at radius 1 is 0.465 bits per heavy atom. The number of rotatable bonds is 9. The molecule has 0 aromatic rings. The smallest absolute Gasteiger partial charge is 0.0459 e. The quantitative estimate of drug-likeness (QED) is 0.277. The summed E-state index contributed by atoms with van der Waals surface area (Å²) in [6.07, 6.45) is 26.0. The fraction of sp³-hybridized carbons (Fsp3) is 1.00. The first-order valence-electron chi connectivity index (χ1n) is 19.5. The van der Waals surface area contributed by atoms with Gasteiger partial charge in [0.25, 0.3) is 0 Å². The third-order valence-corrected chi connectivity index (χ3v) is 15.5. The van der Waals surface area contributed by atoms with Crippen LogP contribution in [0.15, 0.2) is 0 Å². The van der Waals surface area contributed by atoms with Crippen LogP contribution in [0.5, 0.6) is 0 Å². The third-order valence-electron chi connectivity index (χ3n) is 15.5. The summed E-state index contributed by atoms with van der Waals surface area (Å²) in [6.45, 7) is 16.2. The first kappa shape index (κ1) is 34.2. The van der Waals surface area contributed by atoms with Gasteiger partial charge in [-0.3, -0.25) is 4.90 Å². The predicted octanol–water partition coefficient (Wildman–Crippen LogP) is 9.88. The van der Waals surface area contributed by atoms with Gasteiger partial charge in [0.1, 0.15) is 0 Å². The summed E-state index contributed by atoms with van der Waals surface area (Å²) in [4.78, 5) is 3.19. The van der Waals surface area contributed by atoms with Crippen molar-refractivity contribution >= 4 is 0 Å². The lowest BCUT2D eigenvalue weighted by Gasteiger charge is -2.54. The van der Waals surface area contributed by atoms with Crippen molar-refractivity contribution < 1.29 is 10.2 Å². The zero-order valence-electron chi connectivity index (χ0n) is 29.5. The highest BCUT2D eigenvalue weighted by atomic mass is 16.3. The molecule has 0 radical (unpaired) electrons. The van der Waals surface area contributed by atoms with Gasteiger partial charge in [0.2, 0.25) is 0 Å². The fourth-order valence-corrected chi connectivity index (χ4v) is 11.9. The van der Waals surface area contributed by atoms with Gasteiger partial charge in [-0.2, -0.15) is 0 Å². The second kappa shape index (κ2) is 14.8. The van der Waals surface area contributed by atoms with Gasteiger partial charge in [-0.05, 0) is 167 Å². The molecule has 0 bridgehead atoms. The van der Waals surface area contributed by atoms with E-state index in [2.05, 4.69) is 46.4 Å². The van der Waals surface area contributed by atoms with E-state index < -0.39 is 0 Å². The Morgan fingerprint density at radius 2 is 0.884 bits per heavy atom. The van der Waals surface area contributed by atoms with Crippen LogP contribution >= 0.6 is 0 Å². The summed E-state index contributed by atoms with van der Waals surface area (Å²) in [5.74, 6) is 6.16. The molecule has 5 rings (SSSR count). The highest BCUT2D eigenvalue weighted by molar-refractivity contribution is 4.98. The number of aliphatic hydroxyl groups is 2. The van der Waals surface area contributed by atoms with Crippen LogP contribution in [0.25, 0.3) is 0 Å². The van der Waals surface area contributed by atoms with E-state index in [9.17, 15) is 10.2 Å². The molecule has 0 amide bonds. The van der Waals surface area contributed by atoms with Gasteiger partial charge >= 0.3 is 0 Å². The van der Waals surface area contributed by atoms with Crippen LogP contribution in [-0.2, 0) is 0 Å². The standard InChI is InChI=1S/C40H73NO2/c1-28-13-18-38(23-29(28)2)41(36-19-14-32(15-20-36)39(3,4)34-11-7-9-30(24-34)26-42)37-21-16-33(17-22-37)40(5,6)35-12-8-10-31(25-35)27-43/h28-38,42-43H,7-27H2,1-6H3. The summed E-state index contributed by atoms with van der Waals surface area (Å²) in [5, 5.41) is 19.8. The number of nitrogens with zero attached hydrogens (tertiary/aromatic N) is 1. The molecule has 5 saturated carbocycles. The van der Waals surface area contributed by atoms with E-state index in [1.165, 1.54) is 122 Å². The molecule has 0 heterocycles. The van der Waals surface area contributed by atoms with Crippen LogP contribution in [-0.4, -0.2) is 46.5 Å². The first-order chi connectivity index (χ1) is 20.5. The predicted molar refractivity (Wildman–Crippen MR) is 182 cm³/mol. The van der Waals surface area contributed by atoms with E-state index in [0.29, 0.717) is 35.9 Å². The highest BCUT2D eigenvalue weighted by Gasteiger charge is 2.46. The highest BCUT2D eigenvalue weighted by Crippen LogP contribution is 2.53. The lowest BCUT2D eigenvalue weighted by Crippen LogP contribution is -2.54. The van der Waals surface area contributed by atoms with Crippen LogP contribution in [0.1, 0.15) is 164 Å². The summed E-state index contributed by atoms with van der Waals surface area (Å²) in [5.41, 5.74) is 0.826. The van der Waals surface area contributed by atoms with Crippen molar-refractivity contribution in [1.82, 2.24) is 4.90 Å². The van der Waals surface area contributed by atoms with Gasteiger partial charge < -0.3 is 10.2 Å². The average molecular weight is 600 g/mol. The molecule has 0 spiro atoms. The van der Waals surface area contributed by atoms with Crippen molar-refractivity contribution in [3.8, 4) is 0 Å². The Bertz CT molecular complexity index is 781. The molecule has 0 saturated heterocycles. The summed E-state index contributed by atoms with van der Waals surface area (Å²) in [6, 6.07) is 2.41. The van der Waals surface area contributed by atoms with Gasteiger partial charge in [-0.1, -0.05) is 54.4 Å². The zero-order valence-corrected chi connectivity index (χ0v) is 29.5.